The minimum atomic E-state index is -0.687. The SMILES string of the molecule is O=C(NCCOCCOCCOCCOCCNc1ccc([N+](=O)[O-])cc1[N+](=O)[O-])OCc1ccccc1. The van der Waals surface area contributed by atoms with Gasteiger partial charge in [0.1, 0.15) is 12.3 Å². The molecule has 0 spiro atoms. The van der Waals surface area contributed by atoms with Crippen molar-refractivity contribution in [2.24, 2.45) is 0 Å². The Balaban J connectivity index is 1.36. The summed E-state index contributed by atoms with van der Waals surface area (Å²) in [6, 6.07) is 12.8. The molecule has 0 saturated carbocycles. The molecule has 1 amide bonds. The molecule has 2 rings (SSSR count). The first-order chi connectivity index (χ1) is 18.5. The number of hydrogen-bond acceptors (Lipinski definition) is 11. The van der Waals surface area contributed by atoms with Gasteiger partial charge >= 0.3 is 6.09 Å². The van der Waals surface area contributed by atoms with Gasteiger partial charge in [-0.3, -0.25) is 20.2 Å². The Labute approximate surface area is 219 Å². The molecule has 208 valence electrons. The molecular weight excluding hydrogens is 504 g/mol. The van der Waals surface area contributed by atoms with Crippen LogP contribution in [0.5, 0.6) is 0 Å². The number of carbonyl (C=O) groups is 1. The molecule has 0 unspecified atom stereocenters. The van der Waals surface area contributed by atoms with Gasteiger partial charge in [-0.15, -0.1) is 0 Å². The number of ether oxygens (including phenoxy) is 5. The Morgan fingerprint density at radius 3 is 1.89 bits per heavy atom. The third-order valence-corrected chi connectivity index (χ3v) is 4.80. The van der Waals surface area contributed by atoms with Crippen molar-refractivity contribution < 1.29 is 38.3 Å². The molecule has 0 saturated heterocycles. The fourth-order valence-corrected chi connectivity index (χ4v) is 2.95. The molecule has 14 heteroatoms. The van der Waals surface area contributed by atoms with Gasteiger partial charge in [0.25, 0.3) is 11.4 Å². The number of hydrogen-bond donors (Lipinski definition) is 2. The Morgan fingerprint density at radius 1 is 0.737 bits per heavy atom. The highest BCUT2D eigenvalue weighted by Gasteiger charge is 2.19. The van der Waals surface area contributed by atoms with Gasteiger partial charge in [0, 0.05) is 19.2 Å². The van der Waals surface area contributed by atoms with Crippen molar-refractivity contribution >= 4 is 23.2 Å². The summed E-state index contributed by atoms with van der Waals surface area (Å²) in [6.07, 6.45) is -0.500. The third-order valence-electron chi connectivity index (χ3n) is 4.80. The van der Waals surface area contributed by atoms with E-state index in [4.69, 9.17) is 23.7 Å². The van der Waals surface area contributed by atoms with Crippen molar-refractivity contribution in [2.45, 2.75) is 6.61 Å². The van der Waals surface area contributed by atoms with Gasteiger partial charge in [0.15, 0.2) is 0 Å². The van der Waals surface area contributed by atoms with E-state index in [9.17, 15) is 25.0 Å². The van der Waals surface area contributed by atoms with Crippen LogP contribution in [0.15, 0.2) is 48.5 Å². The number of non-ortho nitro benzene ring substituents is 1. The monoisotopic (exact) mass is 536 g/mol. The van der Waals surface area contributed by atoms with Gasteiger partial charge in [0.2, 0.25) is 0 Å². The maximum absolute atomic E-state index is 11.6. The zero-order chi connectivity index (χ0) is 27.4. The Hall–Kier alpha value is -3.85. The average Bonchev–Trinajstić information content (AvgIpc) is 2.92. The highest BCUT2D eigenvalue weighted by atomic mass is 16.6. The van der Waals surface area contributed by atoms with E-state index in [2.05, 4.69) is 10.6 Å². The molecule has 0 aliphatic carbocycles. The van der Waals surface area contributed by atoms with Crippen LogP contribution in [0.1, 0.15) is 5.56 Å². The van der Waals surface area contributed by atoms with Crippen LogP contribution in [0, 0.1) is 20.2 Å². The van der Waals surface area contributed by atoms with Crippen molar-refractivity contribution in [3.63, 3.8) is 0 Å². The lowest BCUT2D eigenvalue weighted by atomic mass is 10.2. The second-order valence-corrected chi connectivity index (χ2v) is 7.58. The Bertz CT molecular complexity index is 993. The van der Waals surface area contributed by atoms with E-state index in [0.717, 1.165) is 11.6 Å². The largest absolute Gasteiger partial charge is 0.445 e. The maximum atomic E-state index is 11.6. The molecule has 0 heterocycles. The minimum absolute atomic E-state index is 0.180. The number of nitro benzene ring substituents is 2. The summed E-state index contributed by atoms with van der Waals surface area (Å²) < 4.78 is 26.6. The molecule has 38 heavy (non-hydrogen) atoms. The average molecular weight is 537 g/mol. The van der Waals surface area contributed by atoms with Crippen molar-refractivity contribution in [3.05, 3.63) is 74.3 Å². The van der Waals surface area contributed by atoms with Crippen LogP contribution < -0.4 is 10.6 Å². The number of nitrogens with zero attached hydrogens (tertiary/aromatic N) is 2. The van der Waals surface area contributed by atoms with E-state index in [0.29, 0.717) is 52.8 Å². The highest BCUT2D eigenvalue weighted by molar-refractivity contribution is 5.67. The quantitative estimate of drug-likeness (QED) is 0.145. The molecule has 0 aliphatic heterocycles. The molecule has 2 aromatic carbocycles. The van der Waals surface area contributed by atoms with Crippen molar-refractivity contribution in [3.8, 4) is 0 Å². The number of carbonyl (C=O) groups excluding carboxylic acids is 1. The van der Waals surface area contributed by atoms with Crippen LogP contribution in [0.4, 0.5) is 21.9 Å². The first kappa shape index (κ1) is 30.4. The summed E-state index contributed by atoms with van der Waals surface area (Å²) >= 11 is 0. The van der Waals surface area contributed by atoms with E-state index in [1.165, 1.54) is 12.1 Å². The van der Waals surface area contributed by atoms with Crippen LogP contribution in [-0.2, 0) is 30.3 Å². The van der Waals surface area contributed by atoms with Gasteiger partial charge in [-0.1, -0.05) is 30.3 Å². The van der Waals surface area contributed by atoms with Crippen LogP contribution in [-0.4, -0.2) is 81.9 Å². The van der Waals surface area contributed by atoms with Crippen LogP contribution >= 0.6 is 0 Å². The minimum Gasteiger partial charge on any atom is -0.445 e. The predicted molar refractivity (Wildman–Crippen MR) is 136 cm³/mol. The van der Waals surface area contributed by atoms with Gasteiger partial charge < -0.3 is 34.3 Å². The first-order valence-corrected chi connectivity index (χ1v) is 11.9. The fourth-order valence-electron chi connectivity index (χ4n) is 2.95. The zero-order valence-corrected chi connectivity index (χ0v) is 20.9. The predicted octanol–water partition coefficient (Wildman–Crippen LogP) is 2.91. The fraction of sp³-hybridized carbons (Fsp3) is 0.458. The number of alkyl carbamates (subject to hydrolysis) is 1. The smallest absolute Gasteiger partial charge is 0.407 e. The lowest BCUT2D eigenvalue weighted by Crippen LogP contribution is -2.28. The number of amides is 1. The van der Waals surface area contributed by atoms with Crippen LogP contribution in [0.3, 0.4) is 0 Å². The second kappa shape index (κ2) is 18.4. The molecule has 14 nitrogen and oxygen atoms in total. The van der Waals surface area contributed by atoms with Gasteiger partial charge in [-0.25, -0.2) is 4.79 Å². The zero-order valence-electron chi connectivity index (χ0n) is 20.9. The normalized spacial score (nSPS) is 10.6. The Morgan fingerprint density at radius 2 is 1.32 bits per heavy atom. The number of benzene rings is 2. The summed E-state index contributed by atoms with van der Waals surface area (Å²) in [5.74, 6) is 0. The second-order valence-electron chi connectivity index (χ2n) is 7.58. The van der Waals surface area contributed by atoms with Gasteiger partial charge in [-0.2, -0.15) is 0 Å². The lowest BCUT2D eigenvalue weighted by molar-refractivity contribution is -0.393. The van der Waals surface area contributed by atoms with Crippen molar-refractivity contribution in [2.75, 3.05) is 71.3 Å². The van der Waals surface area contributed by atoms with Gasteiger partial charge in [0.05, 0.1) is 68.8 Å². The van der Waals surface area contributed by atoms with E-state index in [1.54, 1.807) is 0 Å². The molecule has 0 atom stereocenters. The number of anilines is 1. The summed E-state index contributed by atoms with van der Waals surface area (Å²) in [7, 11) is 0. The topological polar surface area (TPSA) is 174 Å². The third kappa shape index (κ3) is 12.9. The van der Waals surface area contributed by atoms with Crippen molar-refractivity contribution in [1.82, 2.24) is 5.32 Å². The summed E-state index contributed by atoms with van der Waals surface area (Å²) in [5, 5.41) is 27.3. The number of rotatable bonds is 20. The van der Waals surface area contributed by atoms with E-state index in [-0.39, 0.29) is 36.8 Å². The van der Waals surface area contributed by atoms with Crippen LogP contribution in [0.25, 0.3) is 0 Å². The molecule has 0 aliphatic rings. The molecule has 0 bridgehead atoms. The van der Waals surface area contributed by atoms with Gasteiger partial charge in [-0.05, 0) is 11.6 Å². The Kier molecular flexibility index (Phi) is 14.7. The molecular formula is C24H32N4O10. The summed E-state index contributed by atoms with van der Waals surface area (Å²) in [5.41, 5.74) is 0.373. The van der Waals surface area contributed by atoms with Crippen LogP contribution in [0.2, 0.25) is 0 Å². The summed E-state index contributed by atoms with van der Waals surface area (Å²) in [4.78, 5) is 32.1. The maximum Gasteiger partial charge on any atom is 0.407 e. The molecule has 0 fully saturated rings. The molecule has 2 N–H and O–H groups in total. The van der Waals surface area contributed by atoms with E-state index < -0.39 is 15.9 Å². The van der Waals surface area contributed by atoms with E-state index >= 15 is 0 Å². The highest BCUT2D eigenvalue weighted by Crippen LogP contribution is 2.28. The standard InChI is InChI=1S/C24H32N4O10/c29-24(38-19-20-4-2-1-3-5-20)26-9-11-35-13-15-37-17-16-36-14-12-34-10-8-25-22-7-6-21(27(30)31)18-23(22)28(32)33/h1-7,18,25H,8-17,19H2,(H,26,29). The van der Waals surface area contributed by atoms with Crippen molar-refractivity contribution in [1.29, 1.82) is 0 Å². The summed E-state index contributed by atoms with van der Waals surface area (Å²) in [6.45, 7) is 3.65. The molecule has 0 radical (unpaired) electrons. The first-order valence-electron chi connectivity index (χ1n) is 11.9. The number of nitrogens with one attached hydrogen (secondary N) is 2. The molecule has 2 aromatic rings. The lowest BCUT2D eigenvalue weighted by Gasteiger charge is -2.09. The van der Waals surface area contributed by atoms with E-state index in [1.807, 2.05) is 30.3 Å². The molecule has 0 aromatic heterocycles. The number of nitro groups is 2.